The highest BCUT2D eigenvalue weighted by Crippen LogP contribution is 2.21. The van der Waals surface area contributed by atoms with Crippen molar-refractivity contribution in [2.24, 2.45) is 0 Å². The summed E-state index contributed by atoms with van der Waals surface area (Å²) in [4.78, 5) is 22.4. The van der Waals surface area contributed by atoms with Gasteiger partial charge in [-0.15, -0.1) is 0 Å². The second-order valence-electron chi connectivity index (χ2n) is 4.11. The van der Waals surface area contributed by atoms with Crippen molar-refractivity contribution >= 4 is 27.8 Å². The van der Waals surface area contributed by atoms with Gasteiger partial charge in [-0.1, -0.05) is 29.3 Å². The Hall–Kier alpha value is -1.63. The normalized spacial score (nSPS) is 11.8. The van der Waals surface area contributed by atoms with Crippen LogP contribution in [0.1, 0.15) is 19.8 Å². The average Bonchev–Trinajstić information content (AvgIpc) is 2.37. The number of halogens is 2. The van der Waals surface area contributed by atoms with Crippen LogP contribution in [-0.4, -0.2) is 29.6 Å². The molecule has 0 radical (unpaired) electrons. The first kappa shape index (κ1) is 16.4. The predicted octanol–water partition coefficient (Wildman–Crippen LogP) is 2.34. The average molecular weight is 348 g/mol. The number of aliphatic carboxylic acids is 1. The van der Waals surface area contributed by atoms with E-state index in [2.05, 4.69) is 21.2 Å². The van der Waals surface area contributed by atoms with Crippen molar-refractivity contribution in [1.29, 1.82) is 0 Å². The van der Waals surface area contributed by atoms with Crippen LogP contribution in [0.25, 0.3) is 0 Å². The van der Waals surface area contributed by atoms with Gasteiger partial charge in [0.25, 0.3) is 5.91 Å². The Bertz CT molecular complexity index is 495. The van der Waals surface area contributed by atoms with Crippen molar-refractivity contribution in [1.82, 2.24) is 5.32 Å². The van der Waals surface area contributed by atoms with E-state index in [1.54, 1.807) is 6.07 Å². The number of carbonyl (C=O) groups excluding carboxylic acids is 1. The fourth-order valence-electron chi connectivity index (χ4n) is 1.52. The number of carboxylic acids is 1. The number of carboxylic acid groups (broad SMARTS) is 1. The Labute approximate surface area is 124 Å². The highest BCUT2D eigenvalue weighted by molar-refractivity contribution is 9.10. The molecule has 5 nitrogen and oxygen atoms in total. The third kappa shape index (κ3) is 5.16. The Morgan fingerprint density at radius 3 is 2.75 bits per heavy atom. The molecule has 1 aromatic carbocycles. The summed E-state index contributed by atoms with van der Waals surface area (Å²) in [5.74, 6) is -2.37. The number of amides is 1. The van der Waals surface area contributed by atoms with Gasteiger partial charge in [-0.05, 0) is 24.6 Å². The van der Waals surface area contributed by atoms with E-state index in [9.17, 15) is 14.0 Å². The molecule has 1 aromatic rings. The lowest BCUT2D eigenvalue weighted by Crippen LogP contribution is -2.42. The van der Waals surface area contributed by atoms with Gasteiger partial charge in [0.05, 0.1) is 0 Å². The first-order valence-corrected chi connectivity index (χ1v) is 6.83. The van der Waals surface area contributed by atoms with E-state index >= 15 is 0 Å². The van der Waals surface area contributed by atoms with Crippen LogP contribution in [0.5, 0.6) is 5.75 Å². The molecule has 110 valence electrons. The van der Waals surface area contributed by atoms with E-state index in [1.165, 1.54) is 12.1 Å². The molecule has 0 aliphatic carbocycles. The summed E-state index contributed by atoms with van der Waals surface area (Å²) in [6.07, 6.45) is 0.952. The predicted molar refractivity (Wildman–Crippen MR) is 74.1 cm³/mol. The summed E-state index contributed by atoms with van der Waals surface area (Å²) < 4.78 is 19.0. The second kappa shape index (κ2) is 7.84. The van der Waals surface area contributed by atoms with Crippen molar-refractivity contribution in [3.8, 4) is 5.75 Å². The van der Waals surface area contributed by atoms with Gasteiger partial charge in [0.2, 0.25) is 0 Å². The van der Waals surface area contributed by atoms with Gasteiger partial charge in [-0.2, -0.15) is 0 Å². The molecule has 1 atom stereocenters. The van der Waals surface area contributed by atoms with Crippen molar-refractivity contribution < 1.29 is 23.8 Å². The van der Waals surface area contributed by atoms with Crippen LogP contribution in [0.15, 0.2) is 22.7 Å². The molecule has 1 rings (SSSR count). The van der Waals surface area contributed by atoms with Crippen molar-refractivity contribution in [2.75, 3.05) is 6.61 Å². The molecular weight excluding hydrogens is 333 g/mol. The summed E-state index contributed by atoms with van der Waals surface area (Å²) in [7, 11) is 0. The molecule has 0 bridgehead atoms. The molecule has 1 amide bonds. The standard InChI is InChI=1S/C13H15BrFNO4/c1-2-3-10(13(18)19)16-12(17)7-20-11-5-4-8(14)6-9(11)15/h4-6,10H,2-3,7H2,1H3,(H,16,17)(H,18,19)/t10-/m0/s1. The quantitative estimate of drug-likeness (QED) is 0.793. The highest BCUT2D eigenvalue weighted by atomic mass is 79.9. The van der Waals surface area contributed by atoms with Crippen LogP contribution >= 0.6 is 15.9 Å². The molecule has 0 fully saturated rings. The van der Waals surface area contributed by atoms with Gasteiger partial charge in [0.1, 0.15) is 6.04 Å². The minimum Gasteiger partial charge on any atom is -0.481 e. The van der Waals surface area contributed by atoms with Crippen LogP contribution in [0.3, 0.4) is 0 Å². The molecule has 0 aromatic heterocycles. The zero-order chi connectivity index (χ0) is 15.1. The second-order valence-corrected chi connectivity index (χ2v) is 5.03. The molecule has 20 heavy (non-hydrogen) atoms. The summed E-state index contributed by atoms with van der Waals surface area (Å²) in [5, 5.41) is 11.2. The van der Waals surface area contributed by atoms with Crippen molar-refractivity contribution in [3.05, 3.63) is 28.5 Å². The van der Waals surface area contributed by atoms with Gasteiger partial charge in [-0.25, -0.2) is 9.18 Å². The highest BCUT2D eigenvalue weighted by Gasteiger charge is 2.19. The van der Waals surface area contributed by atoms with E-state index in [1.807, 2.05) is 6.92 Å². The van der Waals surface area contributed by atoms with Gasteiger partial charge >= 0.3 is 5.97 Å². The maximum atomic E-state index is 13.4. The summed E-state index contributed by atoms with van der Waals surface area (Å²) in [6.45, 7) is 1.38. The fraction of sp³-hybridized carbons (Fsp3) is 0.385. The van der Waals surface area contributed by atoms with Crippen molar-refractivity contribution in [2.45, 2.75) is 25.8 Å². The van der Waals surface area contributed by atoms with Gasteiger partial charge in [0, 0.05) is 4.47 Å². The Morgan fingerprint density at radius 1 is 1.50 bits per heavy atom. The van der Waals surface area contributed by atoms with Gasteiger partial charge < -0.3 is 15.2 Å². The summed E-state index contributed by atoms with van der Waals surface area (Å²) in [5.41, 5.74) is 0. The van der Waals surface area contributed by atoms with E-state index in [0.29, 0.717) is 17.3 Å². The third-order valence-electron chi connectivity index (χ3n) is 2.46. The molecule has 0 spiro atoms. The van der Waals surface area contributed by atoms with Crippen LogP contribution < -0.4 is 10.1 Å². The summed E-state index contributed by atoms with van der Waals surface area (Å²) in [6, 6.07) is 3.22. The number of rotatable bonds is 7. The Kier molecular flexibility index (Phi) is 6.44. The molecule has 0 aliphatic heterocycles. The largest absolute Gasteiger partial charge is 0.481 e. The number of benzene rings is 1. The first-order chi connectivity index (χ1) is 9.43. The summed E-state index contributed by atoms with van der Waals surface area (Å²) >= 11 is 3.10. The number of hydrogen-bond donors (Lipinski definition) is 2. The van der Waals surface area contributed by atoms with Gasteiger partial charge in [0.15, 0.2) is 18.2 Å². The zero-order valence-electron chi connectivity index (χ0n) is 10.9. The number of ether oxygens (including phenoxy) is 1. The molecule has 0 saturated carbocycles. The van der Waals surface area contributed by atoms with Crippen LogP contribution in [0, 0.1) is 5.82 Å². The van der Waals surface area contributed by atoms with E-state index < -0.39 is 30.3 Å². The van der Waals surface area contributed by atoms with Crippen LogP contribution in [0.4, 0.5) is 4.39 Å². The molecule has 2 N–H and O–H groups in total. The van der Waals surface area contributed by atoms with Crippen molar-refractivity contribution in [3.63, 3.8) is 0 Å². The lowest BCUT2D eigenvalue weighted by molar-refractivity contribution is -0.142. The molecule has 0 saturated heterocycles. The van der Waals surface area contributed by atoms with Crippen LogP contribution in [-0.2, 0) is 9.59 Å². The maximum Gasteiger partial charge on any atom is 0.326 e. The lowest BCUT2D eigenvalue weighted by atomic mass is 10.2. The fourth-order valence-corrected chi connectivity index (χ4v) is 1.85. The minimum atomic E-state index is -1.10. The molecule has 0 aliphatic rings. The maximum absolute atomic E-state index is 13.4. The zero-order valence-corrected chi connectivity index (χ0v) is 12.4. The van der Waals surface area contributed by atoms with Gasteiger partial charge in [-0.3, -0.25) is 4.79 Å². The lowest BCUT2D eigenvalue weighted by Gasteiger charge is -2.14. The van der Waals surface area contributed by atoms with E-state index in [4.69, 9.17) is 9.84 Å². The third-order valence-corrected chi connectivity index (χ3v) is 2.96. The number of carbonyl (C=O) groups is 2. The first-order valence-electron chi connectivity index (χ1n) is 6.04. The topological polar surface area (TPSA) is 75.6 Å². The minimum absolute atomic E-state index is 0.0642. The molecule has 7 heteroatoms. The Morgan fingerprint density at radius 2 is 2.20 bits per heavy atom. The van der Waals surface area contributed by atoms with Crippen LogP contribution in [0.2, 0.25) is 0 Å². The SMILES string of the molecule is CCC[C@H](NC(=O)COc1ccc(Br)cc1F)C(=O)O. The van der Waals surface area contributed by atoms with E-state index in [0.717, 1.165) is 0 Å². The number of hydrogen-bond acceptors (Lipinski definition) is 3. The number of nitrogens with one attached hydrogen (secondary N) is 1. The Balaban J connectivity index is 2.52. The van der Waals surface area contributed by atoms with E-state index in [-0.39, 0.29) is 5.75 Å². The molecule has 0 unspecified atom stereocenters. The smallest absolute Gasteiger partial charge is 0.326 e. The monoisotopic (exact) mass is 347 g/mol. The molecule has 0 heterocycles. The molecular formula is C13H15BrFNO4.